The van der Waals surface area contributed by atoms with E-state index >= 15 is 0 Å². The summed E-state index contributed by atoms with van der Waals surface area (Å²) in [6.07, 6.45) is 1.46. The van der Waals surface area contributed by atoms with Crippen molar-refractivity contribution < 1.29 is 9.47 Å². The Hall–Kier alpha value is -0.500. The maximum Gasteiger partial charge on any atom is 0.121 e. The summed E-state index contributed by atoms with van der Waals surface area (Å²) in [5.74, 6) is 1.54. The predicted octanol–water partition coefficient (Wildman–Crippen LogP) is 2.74. The van der Waals surface area contributed by atoms with Crippen molar-refractivity contribution in [1.29, 1.82) is 0 Å². The second-order valence-electron chi connectivity index (χ2n) is 3.59. The fourth-order valence-corrected chi connectivity index (χ4v) is 1.77. The SMILES string of the molecule is CCOC1=C(C)C(C)C(CC)OC1. The molecule has 1 rings (SSSR count). The summed E-state index contributed by atoms with van der Waals surface area (Å²) in [6, 6.07) is 0. The lowest BCUT2D eigenvalue weighted by Crippen LogP contribution is -2.29. The van der Waals surface area contributed by atoms with Crippen molar-refractivity contribution in [1.82, 2.24) is 0 Å². The van der Waals surface area contributed by atoms with Gasteiger partial charge in [-0.1, -0.05) is 13.8 Å². The normalized spacial score (nSPS) is 29.2. The fraction of sp³-hybridized carbons (Fsp3) is 0.818. The number of rotatable bonds is 3. The van der Waals surface area contributed by atoms with E-state index in [0.717, 1.165) is 18.8 Å². The molecule has 0 saturated carbocycles. The monoisotopic (exact) mass is 184 g/mol. The van der Waals surface area contributed by atoms with E-state index in [9.17, 15) is 0 Å². The molecule has 1 aliphatic heterocycles. The van der Waals surface area contributed by atoms with Gasteiger partial charge >= 0.3 is 0 Å². The third kappa shape index (κ3) is 2.25. The maximum atomic E-state index is 5.69. The van der Waals surface area contributed by atoms with Gasteiger partial charge in [-0.2, -0.15) is 0 Å². The van der Waals surface area contributed by atoms with E-state index in [4.69, 9.17) is 9.47 Å². The molecule has 1 heterocycles. The summed E-state index contributed by atoms with van der Waals surface area (Å²) in [4.78, 5) is 0. The summed E-state index contributed by atoms with van der Waals surface area (Å²) in [5, 5.41) is 0. The molecule has 1 aliphatic rings. The van der Waals surface area contributed by atoms with Gasteiger partial charge in [-0.25, -0.2) is 0 Å². The smallest absolute Gasteiger partial charge is 0.121 e. The Morgan fingerprint density at radius 3 is 2.69 bits per heavy atom. The largest absolute Gasteiger partial charge is 0.496 e. The molecule has 0 fully saturated rings. The van der Waals surface area contributed by atoms with Crippen molar-refractivity contribution in [3.05, 3.63) is 11.3 Å². The Balaban J connectivity index is 2.70. The van der Waals surface area contributed by atoms with Gasteiger partial charge in [0.15, 0.2) is 0 Å². The van der Waals surface area contributed by atoms with Crippen molar-refractivity contribution in [3.8, 4) is 0 Å². The lowest BCUT2D eigenvalue weighted by atomic mass is 9.92. The molecule has 0 amide bonds. The van der Waals surface area contributed by atoms with E-state index < -0.39 is 0 Å². The van der Waals surface area contributed by atoms with Gasteiger partial charge in [-0.3, -0.25) is 0 Å². The minimum Gasteiger partial charge on any atom is -0.496 e. The summed E-state index contributed by atoms with van der Waals surface area (Å²) >= 11 is 0. The Bertz CT molecular complexity index is 196. The maximum absolute atomic E-state index is 5.69. The lowest BCUT2D eigenvalue weighted by Gasteiger charge is -2.31. The zero-order valence-electron chi connectivity index (χ0n) is 9.09. The highest BCUT2D eigenvalue weighted by Gasteiger charge is 2.25. The molecule has 2 atom stereocenters. The highest BCUT2D eigenvalue weighted by molar-refractivity contribution is 5.13. The van der Waals surface area contributed by atoms with Crippen molar-refractivity contribution in [2.24, 2.45) is 5.92 Å². The molecule has 0 aliphatic carbocycles. The Kier molecular flexibility index (Phi) is 3.79. The molecule has 2 unspecified atom stereocenters. The third-order valence-corrected chi connectivity index (χ3v) is 2.83. The van der Waals surface area contributed by atoms with Crippen LogP contribution in [0.3, 0.4) is 0 Å². The standard InChI is InChI=1S/C11H20O2/c1-5-10-8(3)9(4)11(7-13-10)12-6-2/h8,10H,5-7H2,1-4H3. The van der Waals surface area contributed by atoms with Crippen LogP contribution in [0.2, 0.25) is 0 Å². The molecule has 0 aromatic rings. The lowest BCUT2D eigenvalue weighted by molar-refractivity contribution is -0.00481. The summed E-state index contributed by atoms with van der Waals surface area (Å²) < 4.78 is 11.2. The molecular formula is C11H20O2. The van der Waals surface area contributed by atoms with E-state index in [2.05, 4.69) is 20.8 Å². The van der Waals surface area contributed by atoms with E-state index in [1.165, 1.54) is 5.57 Å². The molecule has 13 heavy (non-hydrogen) atoms. The summed E-state index contributed by atoms with van der Waals surface area (Å²) in [6.45, 7) is 9.93. The van der Waals surface area contributed by atoms with Crippen LogP contribution in [-0.4, -0.2) is 19.3 Å². The van der Waals surface area contributed by atoms with E-state index in [1.807, 2.05) is 6.92 Å². The van der Waals surface area contributed by atoms with Gasteiger partial charge in [0.1, 0.15) is 12.4 Å². The van der Waals surface area contributed by atoms with Crippen LogP contribution in [0.5, 0.6) is 0 Å². The van der Waals surface area contributed by atoms with Crippen molar-refractivity contribution in [2.75, 3.05) is 13.2 Å². The van der Waals surface area contributed by atoms with Gasteiger partial charge in [0, 0.05) is 5.92 Å². The predicted molar refractivity (Wildman–Crippen MR) is 53.5 cm³/mol. The first kappa shape index (κ1) is 10.6. The molecule has 0 bridgehead atoms. The Morgan fingerprint density at radius 2 is 2.15 bits per heavy atom. The second kappa shape index (κ2) is 4.66. The van der Waals surface area contributed by atoms with Gasteiger partial charge < -0.3 is 9.47 Å². The number of hydrogen-bond acceptors (Lipinski definition) is 2. The van der Waals surface area contributed by atoms with Crippen LogP contribution in [0.1, 0.15) is 34.1 Å². The van der Waals surface area contributed by atoms with E-state index in [0.29, 0.717) is 18.6 Å². The van der Waals surface area contributed by atoms with Crippen LogP contribution in [0.25, 0.3) is 0 Å². The minimum absolute atomic E-state index is 0.379. The highest BCUT2D eigenvalue weighted by atomic mass is 16.5. The van der Waals surface area contributed by atoms with Gasteiger partial charge in [-0.05, 0) is 25.8 Å². The molecule has 2 nitrogen and oxygen atoms in total. The number of ether oxygens (including phenoxy) is 2. The van der Waals surface area contributed by atoms with Gasteiger partial charge in [0.05, 0.1) is 12.7 Å². The molecule has 0 N–H and O–H groups in total. The van der Waals surface area contributed by atoms with Crippen LogP contribution in [0.15, 0.2) is 11.3 Å². The van der Waals surface area contributed by atoms with Crippen LogP contribution in [-0.2, 0) is 9.47 Å². The molecule has 2 heteroatoms. The quantitative estimate of drug-likeness (QED) is 0.671. The zero-order chi connectivity index (χ0) is 9.84. The van der Waals surface area contributed by atoms with E-state index in [-0.39, 0.29) is 0 Å². The van der Waals surface area contributed by atoms with Crippen molar-refractivity contribution in [3.63, 3.8) is 0 Å². The van der Waals surface area contributed by atoms with E-state index in [1.54, 1.807) is 0 Å². The first-order valence-electron chi connectivity index (χ1n) is 5.14. The Morgan fingerprint density at radius 1 is 1.46 bits per heavy atom. The molecule has 0 aromatic heterocycles. The van der Waals surface area contributed by atoms with Crippen molar-refractivity contribution in [2.45, 2.75) is 40.2 Å². The number of hydrogen-bond donors (Lipinski definition) is 0. The molecule has 0 saturated heterocycles. The minimum atomic E-state index is 0.379. The molecule has 0 spiro atoms. The van der Waals surface area contributed by atoms with Gasteiger partial charge in [-0.15, -0.1) is 0 Å². The second-order valence-corrected chi connectivity index (χ2v) is 3.59. The average Bonchev–Trinajstić information content (AvgIpc) is 2.14. The first-order valence-corrected chi connectivity index (χ1v) is 5.14. The van der Waals surface area contributed by atoms with Gasteiger partial charge in [0.2, 0.25) is 0 Å². The summed E-state index contributed by atoms with van der Waals surface area (Å²) in [7, 11) is 0. The Labute approximate surface area is 80.9 Å². The van der Waals surface area contributed by atoms with Gasteiger partial charge in [0.25, 0.3) is 0 Å². The van der Waals surface area contributed by atoms with Crippen LogP contribution < -0.4 is 0 Å². The topological polar surface area (TPSA) is 18.5 Å². The average molecular weight is 184 g/mol. The van der Waals surface area contributed by atoms with Crippen LogP contribution in [0.4, 0.5) is 0 Å². The first-order chi connectivity index (χ1) is 6.20. The molecule has 76 valence electrons. The zero-order valence-corrected chi connectivity index (χ0v) is 9.09. The molecule has 0 aromatic carbocycles. The van der Waals surface area contributed by atoms with Crippen LogP contribution >= 0.6 is 0 Å². The van der Waals surface area contributed by atoms with Crippen molar-refractivity contribution >= 4 is 0 Å². The third-order valence-electron chi connectivity index (χ3n) is 2.83. The van der Waals surface area contributed by atoms with Crippen LogP contribution in [0, 0.1) is 5.92 Å². The summed E-state index contributed by atoms with van der Waals surface area (Å²) in [5.41, 5.74) is 1.36. The fourth-order valence-electron chi connectivity index (χ4n) is 1.77. The molecule has 0 radical (unpaired) electrons. The highest BCUT2D eigenvalue weighted by Crippen LogP contribution is 2.28. The molecular weight excluding hydrogens is 164 g/mol.